The van der Waals surface area contributed by atoms with Crippen LogP contribution in [-0.4, -0.2) is 57.4 Å². The van der Waals surface area contributed by atoms with Crippen molar-refractivity contribution in [3.63, 3.8) is 0 Å². The lowest BCUT2D eigenvalue weighted by Gasteiger charge is -2.26. The van der Waals surface area contributed by atoms with E-state index >= 15 is 0 Å². The molecule has 0 aromatic heterocycles. The molecule has 8 nitrogen and oxygen atoms in total. The van der Waals surface area contributed by atoms with E-state index in [9.17, 15) is 18.0 Å². The van der Waals surface area contributed by atoms with Gasteiger partial charge in [0, 0.05) is 25.3 Å². The number of benzene rings is 2. The molecule has 1 saturated heterocycles. The van der Waals surface area contributed by atoms with Crippen LogP contribution in [0.25, 0.3) is 0 Å². The molecule has 9 heteroatoms. The molecule has 0 saturated carbocycles. The maximum absolute atomic E-state index is 12.6. The van der Waals surface area contributed by atoms with Crippen molar-refractivity contribution in [2.45, 2.75) is 18.2 Å². The summed E-state index contributed by atoms with van der Waals surface area (Å²) in [5, 5.41) is 5.16. The van der Waals surface area contributed by atoms with Gasteiger partial charge in [-0.3, -0.25) is 9.59 Å². The van der Waals surface area contributed by atoms with Crippen LogP contribution < -0.4 is 10.6 Å². The summed E-state index contributed by atoms with van der Waals surface area (Å²) in [6, 6.07) is 13.8. The van der Waals surface area contributed by atoms with Crippen LogP contribution in [0.5, 0.6) is 0 Å². The monoisotopic (exact) mass is 431 g/mol. The average molecular weight is 432 g/mol. The first-order valence-electron chi connectivity index (χ1n) is 9.69. The number of ether oxygens (including phenoxy) is 1. The van der Waals surface area contributed by atoms with Crippen molar-refractivity contribution < 1.29 is 22.7 Å². The van der Waals surface area contributed by atoms with E-state index in [1.807, 2.05) is 19.1 Å². The van der Waals surface area contributed by atoms with E-state index in [0.29, 0.717) is 38.4 Å². The number of sulfonamides is 1. The molecular formula is C21H25N3O5S. The summed E-state index contributed by atoms with van der Waals surface area (Å²) in [5.41, 5.74) is 2.32. The Kier molecular flexibility index (Phi) is 7.20. The third-order valence-corrected chi connectivity index (χ3v) is 6.74. The predicted octanol–water partition coefficient (Wildman–Crippen LogP) is 1.31. The van der Waals surface area contributed by atoms with Gasteiger partial charge in [-0.05, 0) is 42.7 Å². The Bertz CT molecular complexity index is 1000. The Morgan fingerprint density at radius 1 is 1.00 bits per heavy atom. The lowest BCUT2D eigenvalue weighted by molar-refractivity contribution is -0.136. The van der Waals surface area contributed by atoms with Gasteiger partial charge in [-0.25, -0.2) is 8.42 Å². The fraction of sp³-hybridized carbons (Fsp3) is 0.333. The zero-order valence-corrected chi connectivity index (χ0v) is 17.6. The minimum atomic E-state index is -3.53. The molecule has 0 aliphatic carbocycles. The topological polar surface area (TPSA) is 105 Å². The quantitative estimate of drug-likeness (QED) is 0.671. The first-order valence-corrected chi connectivity index (χ1v) is 11.1. The van der Waals surface area contributed by atoms with Crippen molar-refractivity contribution >= 4 is 27.5 Å². The van der Waals surface area contributed by atoms with E-state index in [2.05, 4.69) is 10.6 Å². The van der Waals surface area contributed by atoms with Crippen LogP contribution >= 0.6 is 0 Å². The van der Waals surface area contributed by atoms with Crippen molar-refractivity contribution in [3.8, 4) is 0 Å². The Balaban J connectivity index is 1.49. The molecule has 2 aromatic rings. The first-order chi connectivity index (χ1) is 14.4. The van der Waals surface area contributed by atoms with Gasteiger partial charge in [0.05, 0.1) is 18.1 Å². The van der Waals surface area contributed by atoms with Crippen molar-refractivity contribution in [2.24, 2.45) is 0 Å². The number of amides is 2. The number of hydrogen-bond acceptors (Lipinski definition) is 5. The third kappa shape index (κ3) is 5.44. The fourth-order valence-electron chi connectivity index (χ4n) is 3.06. The molecular weight excluding hydrogens is 406 g/mol. The summed E-state index contributed by atoms with van der Waals surface area (Å²) in [4.78, 5) is 24.2. The summed E-state index contributed by atoms with van der Waals surface area (Å²) < 4.78 is 31.9. The SMILES string of the molecule is Cc1ccccc1NC(=O)C(=O)NCCc1ccc(S(=O)(=O)N2CCOCC2)cc1. The number of para-hydroxylation sites is 1. The lowest BCUT2D eigenvalue weighted by Crippen LogP contribution is -2.40. The van der Waals surface area contributed by atoms with Crippen molar-refractivity contribution in [3.05, 3.63) is 59.7 Å². The molecule has 1 aliphatic rings. The van der Waals surface area contributed by atoms with E-state index in [4.69, 9.17) is 4.74 Å². The van der Waals surface area contributed by atoms with Crippen LogP contribution in [0, 0.1) is 6.92 Å². The summed E-state index contributed by atoms with van der Waals surface area (Å²) >= 11 is 0. The average Bonchev–Trinajstić information content (AvgIpc) is 2.76. The van der Waals surface area contributed by atoms with Gasteiger partial charge in [0.2, 0.25) is 10.0 Å². The maximum Gasteiger partial charge on any atom is 0.313 e. The fourth-order valence-corrected chi connectivity index (χ4v) is 4.46. The van der Waals surface area contributed by atoms with Crippen LogP contribution in [-0.2, 0) is 30.8 Å². The molecule has 0 unspecified atom stereocenters. The highest BCUT2D eigenvalue weighted by Crippen LogP contribution is 2.18. The number of morpholine rings is 1. The number of aryl methyl sites for hydroxylation is 1. The highest BCUT2D eigenvalue weighted by molar-refractivity contribution is 7.89. The van der Waals surface area contributed by atoms with Crippen LogP contribution in [0.15, 0.2) is 53.4 Å². The maximum atomic E-state index is 12.6. The molecule has 1 heterocycles. The number of carbonyl (C=O) groups is 2. The first kappa shape index (κ1) is 21.9. The third-order valence-electron chi connectivity index (χ3n) is 4.83. The second-order valence-corrected chi connectivity index (χ2v) is 8.87. The largest absolute Gasteiger partial charge is 0.379 e. The smallest absolute Gasteiger partial charge is 0.313 e. The minimum Gasteiger partial charge on any atom is -0.379 e. The molecule has 1 fully saturated rings. The standard InChI is InChI=1S/C21H25N3O5S/c1-16-4-2-3-5-19(16)23-21(26)20(25)22-11-10-17-6-8-18(9-7-17)30(27,28)24-12-14-29-15-13-24/h2-9H,10-15H2,1H3,(H,22,25)(H,23,26). The highest BCUT2D eigenvalue weighted by Gasteiger charge is 2.26. The molecule has 2 aromatic carbocycles. The highest BCUT2D eigenvalue weighted by atomic mass is 32.2. The molecule has 3 rings (SSSR count). The zero-order chi connectivity index (χ0) is 21.6. The predicted molar refractivity (Wildman–Crippen MR) is 113 cm³/mol. The molecule has 1 aliphatic heterocycles. The summed E-state index contributed by atoms with van der Waals surface area (Å²) in [6.45, 7) is 3.59. The van der Waals surface area contributed by atoms with E-state index in [-0.39, 0.29) is 11.4 Å². The second kappa shape index (κ2) is 9.84. The Morgan fingerprint density at radius 2 is 1.67 bits per heavy atom. The minimum absolute atomic E-state index is 0.231. The van der Waals surface area contributed by atoms with Crippen LogP contribution in [0.2, 0.25) is 0 Å². The number of nitrogens with zero attached hydrogens (tertiary/aromatic N) is 1. The molecule has 0 atom stereocenters. The molecule has 2 N–H and O–H groups in total. The van der Waals surface area contributed by atoms with Gasteiger partial charge in [0.1, 0.15) is 0 Å². The molecule has 0 spiro atoms. The van der Waals surface area contributed by atoms with E-state index in [1.165, 1.54) is 4.31 Å². The Labute approximate surface area is 176 Å². The van der Waals surface area contributed by atoms with Gasteiger partial charge in [0.25, 0.3) is 0 Å². The summed E-state index contributed by atoms with van der Waals surface area (Å²) in [6.07, 6.45) is 0.473. The molecule has 2 amide bonds. The zero-order valence-electron chi connectivity index (χ0n) is 16.8. The lowest BCUT2D eigenvalue weighted by atomic mass is 10.1. The number of hydrogen-bond donors (Lipinski definition) is 2. The van der Waals surface area contributed by atoms with E-state index in [0.717, 1.165) is 11.1 Å². The van der Waals surface area contributed by atoms with Crippen molar-refractivity contribution in [1.29, 1.82) is 0 Å². The second-order valence-electron chi connectivity index (χ2n) is 6.94. The molecule has 30 heavy (non-hydrogen) atoms. The van der Waals surface area contributed by atoms with Gasteiger partial charge in [-0.1, -0.05) is 30.3 Å². The van der Waals surface area contributed by atoms with Gasteiger partial charge in [0.15, 0.2) is 0 Å². The van der Waals surface area contributed by atoms with Crippen molar-refractivity contribution in [1.82, 2.24) is 9.62 Å². The Morgan fingerprint density at radius 3 is 2.33 bits per heavy atom. The van der Waals surface area contributed by atoms with Crippen LogP contribution in [0.1, 0.15) is 11.1 Å². The summed E-state index contributed by atoms with van der Waals surface area (Å²) in [5.74, 6) is -1.44. The summed E-state index contributed by atoms with van der Waals surface area (Å²) in [7, 11) is -3.53. The molecule has 0 radical (unpaired) electrons. The van der Waals surface area contributed by atoms with Gasteiger partial charge in [-0.2, -0.15) is 4.31 Å². The van der Waals surface area contributed by atoms with Crippen LogP contribution in [0.4, 0.5) is 5.69 Å². The number of carbonyl (C=O) groups excluding carboxylic acids is 2. The number of anilines is 1. The van der Waals surface area contributed by atoms with Gasteiger partial charge < -0.3 is 15.4 Å². The molecule has 160 valence electrons. The van der Waals surface area contributed by atoms with E-state index in [1.54, 1.807) is 36.4 Å². The van der Waals surface area contributed by atoms with Crippen LogP contribution in [0.3, 0.4) is 0 Å². The Hall–Kier alpha value is -2.75. The normalized spacial score (nSPS) is 14.8. The van der Waals surface area contributed by atoms with Crippen molar-refractivity contribution in [2.75, 3.05) is 38.2 Å². The number of rotatable bonds is 6. The van der Waals surface area contributed by atoms with Gasteiger partial charge in [-0.15, -0.1) is 0 Å². The number of nitrogens with one attached hydrogen (secondary N) is 2. The van der Waals surface area contributed by atoms with Gasteiger partial charge >= 0.3 is 11.8 Å². The van der Waals surface area contributed by atoms with E-state index < -0.39 is 21.8 Å². The molecule has 0 bridgehead atoms.